The summed E-state index contributed by atoms with van der Waals surface area (Å²) in [6.07, 6.45) is -0.425. The molecule has 0 aliphatic carbocycles. The highest BCUT2D eigenvalue weighted by molar-refractivity contribution is 5.66. The van der Waals surface area contributed by atoms with Crippen molar-refractivity contribution >= 4 is 5.97 Å². The molecule has 0 heterocycles. The summed E-state index contributed by atoms with van der Waals surface area (Å²) in [7, 11) is 0. The normalized spacial score (nSPS) is 12.5. The highest BCUT2D eigenvalue weighted by atomic mass is 16.4. The second kappa shape index (κ2) is 4.94. The molecule has 3 heteroatoms. The van der Waals surface area contributed by atoms with Crippen LogP contribution in [0.5, 0.6) is 0 Å². The number of hydrogen-bond donors (Lipinski definition) is 2. The Morgan fingerprint density at radius 2 is 1.80 bits per heavy atom. The van der Waals surface area contributed by atoms with Gasteiger partial charge in [-0.1, -0.05) is 29.3 Å². The first kappa shape index (κ1) is 11.7. The molecule has 15 heavy (non-hydrogen) atoms. The minimum atomic E-state index is -0.876. The first-order valence-electron chi connectivity index (χ1n) is 4.97. The third-order valence-electron chi connectivity index (χ3n) is 2.26. The number of aliphatic hydroxyl groups excluding tert-OH is 1. The molecule has 0 aliphatic heterocycles. The van der Waals surface area contributed by atoms with E-state index in [-0.39, 0.29) is 12.8 Å². The second-order valence-corrected chi connectivity index (χ2v) is 3.87. The summed E-state index contributed by atoms with van der Waals surface area (Å²) in [5, 5.41) is 18.3. The minimum absolute atomic E-state index is 0.00580. The van der Waals surface area contributed by atoms with Gasteiger partial charge in [-0.25, -0.2) is 0 Å². The number of aliphatic hydroxyl groups is 1. The van der Waals surface area contributed by atoms with E-state index < -0.39 is 12.1 Å². The molecule has 0 radical (unpaired) electrons. The monoisotopic (exact) mass is 208 g/mol. The maximum Gasteiger partial charge on any atom is 0.303 e. The van der Waals surface area contributed by atoms with Crippen molar-refractivity contribution in [3.63, 3.8) is 0 Å². The average Bonchev–Trinajstić information content (AvgIpc) is 2.12. The second-order valence-electron chi connectivity index (χ2n) is 3.87. The number of carboxylic acid groups (broad SMARTS) is 1. The molecular formula is C12H16O3. The fourth-order valence-corrected chi connectivity index (χ4v) is 1.63. The van der Waals surface area contributed by atoms with E-state index in [1.165, 1.54) is 0 Å². The van der Waals surface area contributed by atoms with Gasteiger partial charge in [-0.2, -0.15) is 0 Å². The Hall–Kier alpha value is -1.35. The predicted octanol–water partition coefficient (Wildman–Crippen LogP) is 2.20. The first-order valence-corrected chi connectivity index (χ1v) is 4.97. The number of aliphatic carboxylic acids is 1. The molecular weight excluding hydrogens is 192 g/mol. The number of hydrogen-bond acceptors (Lipinski definition) is 2. The Kier molecular flexibility index (Phi) is 3.86. The lowest BCUT2D eigenvalue weighted by Crippen LogP contribution is -2.03. The molecule has 1 aromatic carbocycles. The molecule has 3 nitrogen and oxygen atoms in total. The van der Waals surface area contributed by atoms with Gasteiger partial charge in [0.1, 0.15) is 0 Å². The molecule has 0 fully saturated rings. The topological polar surface area (TPSA) is 57.5 Å². The van der Waals surface area contributed by atoms with Crippen LogP contribution in [0.4, 0.5) is 0 Å². The fraction of sp³-hybridized carbons (Fsp3) is 0.417. The van der Waals surface area contributed by atoms with Gasteiger partial charge in [0.05, 0.1) is 6.10 Å². The van der Waals surface area contributed by atoms with Gasteiger partial charge < -0.3 is 10.2 Å². The van der Waals surface area contributed by atoms with Crippen molar-refractivity contribution in [1.82, 2.24) is 0 Å². The molecule has 0 saturated carbocycles. The summed E-state index contributed by atoms with van der Waals surface area (Å²) in [5.74, 6) is -0.876. The van der Waals surface area contributed by atoms with Crippen LogP contribution >= 0.6 is 0 Å². The Bertz CT molecular complexity index is 338. The molecule has 0 spiro atoms. The zero-order valence-electron chi connectivity index (χ0n) is 9.03. The molecule has 82 valence electrons. The van der Waals surface area contributed by atoms with Crippen molar-refractivity contribution in [2.24, 2.45) is 0 Å². The van der Waals surface area contributed by atoms with Crippen LogP contribution in [0.3, 0.4) is 0 Å². The van der Waals surface area contributed by atoms with E-state index in [0.29, 0.717) is 0 Å². The summed E-state index contributed by atoms with van der Waals surface area (Å²) in [4.78, 5) is 10.4. The Labute approximate surface area is 89.4 Å². The van der Waals surface area contributed by atoms with Gasteiger partial charge in [-0.05, 0) is 25.8 Å². The van der Waals surface area contributed by atoms with Crippen LogP contribution in [-0.2, 0) is 4.79 Å². The first-order chi connectivity index (χ1) is 6.99. The summed E-state index contributed by atoms with van der Waals surface area (Å²) in [6, 6.07) is 5.80. The highest BCUT2D eigenvalue weighted by Gasteiger charge is 2.10. The quantitative estimate of drug-likeness (QED) is 0.797. The summed E-state index contributed by atoms with van der Waals surface area (Å²) in [6.45, 7) is 3.92. The third-order valence-corrected chi connectivity index (χ3v) is 2.26. The number of aryl methyl sites for hydroxylation is 2. The summed E-state index contributed by atoms with van der Waals surface area (Å²) < 4.78 is 0. The lowest BCUT2D eigenvalue weighted by molar-refractivity contribution is -0.137. The van der Waals surface area contributed by atoms with Crippen LogP contribution in [-0.4, -0.2) is 16.2 Å². The molecule has 1 rings (SSSR count). The number of carboxylic acids is 1. The van der Waals surface area contributed by atoms with E-state index in [2.05, 4.69) is 0 Å². The molecule has 1 unspecified atom stereocenters. The maximum absolute atomic E-state index is 10.4. The van der Waals surface area contributed by atoms with Crippen LogP contribution in [0, 0.1) is 13.8 Å². The lowest BCUT2D eigenvalue weighted by atomic mass is 10.0. The van der Waals surface area contributed by atoms with Gasteiger partial charge in [0.15, 0.2) is 0 Å². The molecule has 0 aromatic heterocycles. The van der Waals surface area contributed by atoms with Crippen molar-refractivity contribution in [2.45, 2.75) is 32.8 Å². The Balaban J connectivity index is 2.72. The Morgan fingerprint density at radius 3 is 2.27 bits per heavy atom. The van der Waals surface area contributed by atoms with Gasteiger partial charge in [0.2, 0.25) is 0 Å². The molecule has 0 bridgehead atoms. The van der Waals surface area contributed by atoms with E-state index in [9.17, 15) is 9.90 Å². The van der Waals surface area contributed by atoms with Crippen LogP contribution in [0.1, 0.15) is 35.6 Å². The maximum atomic E-state index is 10.4. The number of benzene rings is 1. The molecule has 0 aliphatic rings. The third kappa shape index (κ3) is 3.72. The van der Waals surface area contributed by atoms with Gasteiger partial charge in [0.25, 0.3) is 0 Å². The van der Waals surface area contributed by atoms with E-state index in [4.69, 9.17) is 5.11 Å². The summed E-state index contributed by atoms with van der Waals surface area (Å²) in [5.41, 5.74) is 2.97. The number of rotatable bonds is 4. The van der Waals surface area contributed by atoms with E-state index in [0.717, 1.165) is 16.7 Å². The van der Waals surface area contributed by atoms with E-state index in [1.54, 1.807) is 0 Å². The van der Waals surface area contributed by atoms with Crippen molar-refractivity contribution < 1.29 is 15.0 Å². The zero-order valence-corrected chi connectivity index (χ0v) is 9.03. The van der Waals surface area contributed by atoms with E-state index >= 15 is 0 Å². The van der Waals surface area contributed by atoms with Gasteiger partial charge in [0, 0.05) is 6.42 Å². The standard InChI is InChI=1S/C12H16O3/c1-8-5-9(2)7-10(6-8)11(13)3-4-12(14)15/h5-7,11,13H,3-4H2,1-2H3,(H,14,15). The van der Waals surface area contributed by atoms with Crippen LogP contribution < -0.4 is 0 Å². The summed E-state index contributed by atoms with van der Waals surface area (Å²) >= 11 is 0. The lowest BCUT2D eigenvalue weighted by Gasteiger charge is -2.11. The van der Waals surface area contributed by atoms with Crippen molar-refractivity contribution in [1.29, 1.82) is 0 Å². The minimum Gasteiger partial charge on any atom is -0.481 e. The van der Waals surface area contributed by atoms with Crippen molar-refractivity contribution in [3.05, 3.63) is 34.9 Å². The van der Waals surface area contributed by atoms with E-state index in [1.807, 2.05) is 32.0 Å². The van der Waals surface area contributed by atoms with Gasteiger partial charge in [-0.15, -0.1) is 0 Å². The molecule has 1 atom stereocenters. The van der Waals surface area contributed by atoms with Crippen LogP contribution in [0.15, 0.2) is 18.2 Å². The molecule has 0 saturated heterocycles. The molecule has 0 amide bonds. The fourth-order valence-electron chi connectivity index (χ4n) is 1.63. The highest BCUT2D eigenvalue weighted by Crippen LogP contribution is 2.20. The molecule has 1 aromatic rings. The van der Waals surface area contributed by atoms with Crippen LogP contribution in [0.25, 0.3) is 0 Å². The van der Waals surface area contributed by atoms with Gasteiger partial charge >= 0.3 is 5.97 Å². The van der Waals surface area contributed by atoms with Crippen molar-refractivity contribution in [3.8, 4) is 0 Å². The zero-order chi connectivity index (χ0) is 11.4. The molecule has 2 N–H and O–H groups in total. The SMILES string of the molecule is Cc1cc(C)cc(C(O)CCC(=O)O)c1. The Morgan fingerprint density at radius 1 is 1.27 bits per heavy atom. The van der Waals surface area contributed by atoms with Gasteiger partial charge in [-0.3, -0.25) is 4.79 Å². The van der Waals surface area contributed by atoms with Crippen LogP contribution in [0.2, 0.25) is 0 Å². The predicted molar refractivity (Wildman–Crippen MR) is 57.7 cm³/mol. The average molecular weight is 208 g/mol. The number of carbonyl (C=O) groups is 1. The largest absolute Gasteiger partial charge is 0.481 e. The smallest absolute Gasteiger partial charge is 0.303 e. The van der Waals surface area contributed by atoms with Crippen molar-refractivity contribution in [2.75, 3.05) is 0 Å².